The molecule has 1 aromatic rings. The van der Waals surface area contributed by atoms with Gasteiger partial charge in [0.25, 0.3) is 5.91 Å². The number of nitrogens with zero attached hydrogens (tertiary/aromatic N) is 1. The Bertz CT molecular complexity index is 384. The van der Waals surface area contributed by atoms with Crippen LogP contribution in [0.1, 0.15) is 19.4 Å². The maximum absolute atomic E-state index is 11.1. The lowest BCUT2D eigenvalue weighted by molar-refractivity contribution is -0.138. The zero-order valence-corrected chi connectivity index (χ0v) is 10.3. The summed E-state index contributed by atoms with van der Waals surface area (Å²) in [7, 11) is 1.59. The number of amides is 1. The molecule has 0 N–H and O–H groups in total. The predicted molar refractivity (Wildman–Crippen MR) is 64.7 cm³/mol. The second-order valence-corrected chi connectivity index (χ2v) is 4.12. The lowest BCUT2D eigenvalue weighted by Crippen LogP contribution is -2.26. The highest BCUT2D eigenvalue weighted by atomic mass is 16.5. The Kier molecular flexibility index (Phi) is 4.69. The maximum Gasteiger partial charge on any atom is 0.286 e. The average Bonchev–Trinajstić information content (AvgIpc) is 2.30. The minimum Gasteiger partial charge on any atom is -0.491 e. The highest BCUT2D eigenvalue weighted by molar-refractivity contribution is 6.23. The van der Waals surface area contributed by atoms with E-state index in [1.807, 2.05) is 38.1 Å². The summed E-state index contributed by atoms with van der Waals surface area (Å²) in [6, 6.07) is 7.47. The largest absolute Gasteiger partial charge is 0.491 e. The van der Waals surface area contributed by atoms with Gasteiger partial charge in [0, 0.05) is 13.6 Å². The van der Waals surface area contributed by atoms with Crippen molar-refractivity contribution in [2.75, 3.05) is 7.05 Å². The van der Waals surface area contributed by atoms with Crippen LogP contribution in [0.4, 0.5) is 0 Å². The number of aldehydes is 1. The Hall–Kier alpha value is -1.84. The molecule has 0 aliphatic carbocycles. The van der Waals surface area contributed by atoms with Crippen LogP contribution in [0.15, 0.2) is 24.3 Å². The summed E-state index contributed by atoms with van der Waals surface area (Å²) in [6.45, 7) is 4.34. The molecule has 1 rings (SSSR count). The van der Waals surface area contributed by atoms with Crippen molar-refractivity contribution in [3.8, 4) is 5.75 Å². The van der Waals surface area contributed by atoms with Crippen LogP contribution >= 0.6 is 0 Å². The molecule has 0 bridgehead atoms. The van der Waals surface area contributed by atoms with E-state index >= 15 is 0 Å². The van der Waals surface area contributed by atoms with E-state index in [-0.39, 0.29) is 6.10 Å². The Morgan fingerprint density at radius 2 is 1.94 bits per heavy atom. The number of ether oxygens (including phenoxy) is 1. The Balaban J connectivity index is 2.62. The third kappa shape index (κ3) is 4.26. The normalized spacial score (nSPS) is 10.1. The molecule has 0 spiro atoms. The second-order valence-electron chi connectivity index (χ2n) is 4.12. The molecule has 0 atom stereocenters. The van der Waals surface area contributed by atoms with E-state index in [1.165, 1.54) is 4.90 Å². The van der Waals surface area contributed by atoms with Gasteiger partial charge in [0.2, 0.25) is 6.29 Å². The van der Waals surface area contributed by atoms with Gasteiger partial charge in [0.05, 0.1) is 6.10 Å². The molecule has 1 amide bonds. The molecule has 0 saturated carbocycles. The van der Waals surface area contributed by atoms with Crippen LogP contribution in [0.2, 0.25) is 0 Å². The van der Waals surface area contributed by atoms with E-state index in [0.717, 1.165) is 11.3 Å². The molecule has 0 unspecified atom stereocenters. The van der Waals surface area contributed by atoms with Crippen LogP contribution in [-0.2, 0) is 16.1 Å². The van der Waals surface area contributed by atoms with E-state index in [1.54, 1.807) is 7.05 Å². The predicted octanol–water partition coefficient (Wildman–Crippen LogP) is 1.63. The molecular weight excluding hydrogens is 218 g/mol. The van der Waals surface area contributed by atoms with Crippen molar-refractivity contribution in [3.05, 3.63) is 29.8 Å². The molecule has 4 heteroatoms. The first-order valence-corrected chi connectivity index (χ1v) is 5.48. The van der Waals surface area contributed by atoms with Crippen molar-refractivity contribution in [2.24, 2.45) is 0 Å². The third-order valence-electron chi connectivity index (χ3n) is 2.19. The van der Waals surface area contributed by atoms with E-state index in [4.69, 9.17) is 4.74 Å². The number of hydrogen-bond donors (Lipinski definition) is 0. The third-order valence-corrected chi connectivity index (χ3v) is 2.19. The Labute approximate surface area is 101 Å². The van der Waals surface area contributed by atoms with Crippen molar-refractivity contribution in [2.45, 2.75) is 26.5 Å². The molecule has 0 aliphatic rings. The van der Waals surface area contributed by atoms with Crippen molar-refractivity contribution in [1.82, 2.24) is 4.90 Å². The highest BCUT2D eigenvalue weighted by Gasteiger charge is 2.07. The van der Waals surface area contributed by atoms with Gasteiger partial charge >= 0.3 is 0 Å². The molecule has 0 aliphatic heterocycles. The monoisotopic (exact) mass is 235 g/mol. The smallest absolute Gasteiger partial charge is 0.286 e. The van der Waals surface area contributed by atoms with Gasteiger partial charge in [-0.3, -0.25) is 9.59 Å². The number of benzene rings is 1. The highest BCUT2D eigenvalue weighted by Crippen LogP contribution is 2.14. The maximum atomic E-state index is 11.1. The first kappa shape index (κ1) is 13.2. The summed E-state index contributed by atoms with van der Waals surface area (Å²) in [5.74, 6) is 0.278. The lowest BCUT2D eigenvalue weighted by Gasteiger charge is -2.14. The summed E-state index contributed by atoms with van der Waals surface area (Å²) in [4.78, 5) is 22.7. The summed E-state index contributed by atoms with van der Waals surface area (Å²) in [5, 5.41) is 0. The summed E-state index contributed by atoms with van der Waals surface area (Å²) in [6.07, 6.45) is 0.455. The molecule has 17 heavy (non-hydrogen) atoms. The second kappa shape index (κ2) is 6.03. The Morgan fingerprint density at radius 3 is 2.41 bits per heavy atom. The van der Waals surface area contributed by atoms with Crippen molar-refractivity contribution in [3.63, 3.8) is 0 Å². The zero-order valence-electron chi connectivity index (χ0n) is 10.3. The van der Waals surface area contributed by atoms with Gasteiger partial charge in [0.1, 0.15) is 5.75 Å². The molecular formula is C13H17NO3. The van der Waals surface area contributed by atoms with E-state index < -0.39 is 5.91 Å². The minimum atomic E-state index is -0.521. The molecule has 0 saturated heterocycles. The first-order valence-electron chi connectivity index (χ1n) is 5.48. The van der Waals surface area contributed by atoms with E-state index in [0.29, 0.717) is 12.8 Å². The topological polar surface area (TPSA) is 46.6 Å². The minimum absolute atomic E-state index is 0.139. The fourth-order valence-corrected chi connectivity index (χ4v) is 1.39. The SMILES string of the molecule is CC(C)Oc1ccc(CN(C)C(=O)C=O)cc1. The van der Waals surface area contributed by atoms with Gasteiger partial charge in [-0.05, 0) is 31.5 Å². The number of rotatable bonds is 5. The van der Waals surface area contributed by atoms with Crippen LogP contribution in [0.5, 0.6) is 5.75 Å². The van der Waals surface area contributed by atoms with Gasteiger partial charge in [-0.15, -0.1) is 0 Å². The lowest BCUT2D eigenvalue weighted by atomic mass is 10.2. The van der Waals surface area contributed by atoms with Gasteiger partial charge in [-0.2, -0.15) is 0 Å². The van der Waals surface area contributed by atoms with Gasteiger partial charge in [-0.25, -0.2) is 0 Å². The van der Waals surface area contributed by atoms with Gasteiger partial charge in [-0.1, -0.05) is 12.1 Å². The molecule has 0 fully saturated rings. The van der Waals surface area contributed by atoms with Crippen LogP contribution in [-0.4, -0.2) is 30.2 Å². The quantitative estimate of drug-likeness (QED) is 0.575. The number of hydrogen-bond acceptors (Lipinski definition) is 3. The van der Waals surface area contributed by atoms with Crippen molar-refractivity contribution in [1.29, 1.82) is 0 Å². The van der Waals surface area contributed by atoms with Gasteiger partial charge < -0.3 is 9.64 Å². The van der Waals surface area contributed by atoms with Crippen molar-refractivity contribution < 1.29 is 14.3 Å². The molecule has 1 aromatic carbocycles. The number of likely N-dealkylation sites (N-methyl/N-ethyl adjacent to an activating group) is 1. The van der Waals surface area contributed by atoms with Crippen LogP contribution in [0, 0.1) is 0 Å². The Morgan fingerprint density at radius 1 is 1.35 bits per heavy atom. The van der Waals surface area contributed by atoms with Crippen LogP contribution in [0.25, 0.3) is 0 Å². The fourth-order valence-electron chi connectivity index (χ4n) is 1.39. The summed E-state index contributed by atoms with van der Waals surface area (Å²) < 4.78 is 5.51. The zero-order chi connectivity index (χ0) is 12.8. The van der Waals surface area contributed by atoms with Gasteiger partial charge in [0.15, 0.2) is 0 Å². The number of carbonyl (C=O) groups excluding carboxylic acids is 2. The van der Waals surface area contributed by atoms with Crippen molar-refractivity contribution >= 4 is 12.2 Å². The molecule has 0 aromatic heterocycles. The summed E-state index contributed by atoms with van der Waals surface area (Å²) >= 11 is 0. The number of carbonyl (C=O) groups is 2. The van der Waals surface area contributed by atoms with E-state index in [2.05, 4.69) is 0 Å². The standard InChI is InChI=1S/C13H17NO3/c1-10(2)17-12-6-4-11(5-7-12)8-14(3)13(16)9-15/h4-7,9-10H,8H2,1-3H3. The fraction of sp³-hybridized carbons (Fsp3) is 0.385. The first-order chi connectivity index (χ1) is 8.02. The summed E-state index contributed by atoms with van der Waals surface area (Å²) in [5.41, 5.74) is 0.957. The molecule has 4 nitrogen and oxygen atoms in total. The van der Waals surface area contributed by atoms with Crippen LogP contribution < -0.4 is 4.74 Å². The molecule has 0 heterocycles. The van der Waals surface area contributed by atoms with E-state index in [9.17, 15) is 9.59 Å². The molecule has 92 valence electrons. The molecule has 0 radical (unpaired) electrons. The average molecular weight is 235 g/mol. The van der Waals surface area contributed by atoms with Crippen LogP contribution in [0.3, 0.4) is 0 Å².